The maximum Gasteiger partial charge on any atom is 0.0967 e. The van der Waals surface area contributed by atoms with Gasteiger partial charge in [-0.25, -0.2) is 4.68 Å². The highest BCUT2D eigenvalue weighted by Crippen LogP contribution is 2.23. The number of morpholine rings is 1. The van der Waals surface area contributed by atoms with Gasteiger partial charge in [-0.2, -0.15) is 0 Å². The second kappa shape index (κ2) is 7.45. The number of nitrogens with zero attached hydrogens (tertiary/aromatic N) is 4. The molecule has 3 heterocycles. The topological polar surface area (TPSA) is 84.7 Å². The molecule has 4 rings (SSSR count). The molecule has 0 spiro atoms. The van der Waals surface area contributed by atoms with Crippen LogP contribution in [0.5, 0.6) is 0 Å². The SMILES string of the molecule is O[C@H]1CO[C@H](Cn2cc(CN3CCOCC3)nn2)[C@@H]1NC1CCC1. The molecule has 0 bridgehead atoms. The van der Waals surface area contributed by atoms with E-state index in [0.29, 0.717) is 19.2 Å². The van der Waals surface area contributed by atoms with Crippen LogP contribution in [-0.2, 0) is 22.6 Å². The van der Waals surface area contributed by atoms with Crippen molar-refractivity contribution in [3.63, 3.8) is 0 Å². The Labute approximate surface area is 142 Å². The van der Waals surface area contributed by atoms with E-state index in [0.717, 1.165) is 38.5 Å². The standard InChI is InChI=1S/C16H27N5O3/c22-14-11-24-15(16(14)17-12-2-1-3-12)10-21-9-13(18-19-21)8-20-4-6-23-7-5-20/h9,12,14-17,22H,1-8,10-11H2/t14-,15+,16+/m0/s1. The van der Waals surface area contributed by atoms with E-state index in [9.17, 15) is 5.11 Å². The third kappa shape index (κ3) is 3.78. The van der Waals surface area contributed by atoms with Crippen LogP contribution in [-0.4, -0.2) is 82.2 Å². The van der Waals surface area contributed by atoms with E-state index >= 15 is 0 Å². The maximum atomic E-state index is 10.2. The number of ether oxygens (including phenoxy) is 2. The van der Waals surface area contributed by atoms with Crippen molar-refractivity contribution in [1.82, 2.24) is 25.2 Å². The summed E-state index contributed by atoms with van der Waals surface area (Å²) in [6.45, 7) is 5.28. The molecule has 1 aromatic heterocycles. The van der Waals surface area contributed by atoms with Crippen LogP contribution in [0.3, 0.4) is 0 Å². The Bertz CT molecular complexity index is 530. The minimum atomic E-state index is -0.438. The van der Waals surface area contributed by atoms with Gasteiger partial charge in [0.1, 0.15) is 0 Å². The third-order valence-electron chi connectivity index (χ3n) is 5.27. The predicted octanol–water partition coefficient (Wildman–Crippen LogP) is -0.619. The van der Waals surface area contributed by atoms with E-state index < -0.39 is 6.10 Å². The summed E-state index contributed by atoms with van der Waals surface area (Å²) in [6, 6.07) is 0.517. The molecule has 3 fully saturated rings. The number of rotatable bonds is 6. The van der Waals surface area contributed by atoms with Crippen molar-refractivity contribution in [3.8, 4) is 0 Å². The van der Waals surface area contributed by atoms with Gasteiger partial charge in [0.15, 0.2) is 0 Å². The zero-order valence-electron chi connectivity index (χ0n) is 14.0. The lowest BCUT2D eigenvalue weighted by atomic mass is 9.91. The predicted molar refractivity (Wildman–Crippen MR) is 86.4 cm³/mol. The highest BCUT2D eigenvalue weighted by molar-refractivity contribution is 4.96. The molecular formula is C16H27N5O3. The van der Waals surface area contributed by atoms with E-state index in [1.165, 1.54) is 19.3 Å². The molecule has 3 aliphatic rings. The second-order valence-electron chi connectivity index (χ2n) is 7.08. The first-order chi connectivity index (χ1) is 11.8. The fraction of sp³-hybridized carbons (Fsp3) is 0.875. The van der Waals surface area contributed by atoms with E-state index in [1.54, 1.807) is 0 Å². The molecule has 0 radical (unpaired) electrons. The lowest BCUT2D eigenvalue weighted by Gasteiger charge is -2.32. The van der Waals surface area contributed by atoms with E-state index in [-0.39, 0.29) is 12.1 Å². The molecule has 1 saturated carbocycles. The van der Waals surface area contributed by atoms with Crippen molar-refractivity contribution in [2.45, 2.75) is 56.6 Å². The Hall–Kier alpha value is -1.06. The lowest BCUT2D eigenvalue weighted by molar-refractivity contribution is 0.0336. The maximum absolute atomic E-state index is 10.2. The summed E-state index contributed by atoms with van der Waals surface area (Å²) in [6.07, 6.45) is 5.17. The molecule has 8 heteroatoms. The Kier molecular flexibility index (Phi) is 5.09. The van der Waals surface area contributed by atoms with Crippen LogP contribution in [0.25, 0.3) is 0 Å². The molecule has 2 aliphatic heterocycles. The third-order valence-corrected chi connectivity index (χ3v) is 5.27. The average Bonchev–Trinajstić information content (AvgIpc) is 3.12. The molecule has 24 heavy (non-hydrogen) atoms. The Morgan fingerprint density at radius 1 is 1.29 bits per heavy atom. The van der Waals surface area contributed by atoms with Crippen molar-refractivity contribution in [2.24, 2.45) is 0 Å². The van der Waals surface area contributed by atoms with Crippen LogP contribution in [0.1, 0.15) is 25.0 Å². The molecule has 1 aliphatic carbocycles. The lowest BCUT2D eigenvalue weighted by Crippen LogP contribution is -2.51. The second-order valence-corrected chi connectivity index (χ2v) is 7.08. The van der Waals surface area contributed by atoms with Gasteiger partial charge >= 0.3 is 0 Å². The van der Waals surface area contributed by atoms with Crippen LogP contribution < -0.4 is 5.32 Å². The summed E-state index contributed by atoms with van der Waals surface area (Å²) in [7, 11) is 0. The first-order valence-electron chi connectivity index (χ1n) is 9.03. The Balaban J connectivity index is 1.32. The van der Waals surface area contributed by atoms with Gasteiger partial charge in [-0.15, -0.1) is 5.10 Å². The summed E-state index contributed by atoms with van der Waals surface area (Å²) in [5.74, 6) is 0. The highest BCUT2D eigenvalue weighted by atomic mass is 16.5. The van der Waals surface area contributed by atoms with Gasteiger partial charge in [-0.1, -0.05) is 11.6 Å². The molecule has 2 saturated heterocycles. The zero-order chi connectivity index (χ0) is 16.4. The quantitative estimate of drug-likeness (QED) is 0.716. The largest absolute Gasteiger partial charge is 0.389 e. The van der Waals surface area contributed by atoms with Crippen LogP contribution in [0, 0.1) is 0 Å². The van der Waals surface area contributed by atoms with Gasteiger partial charge in [0.2, 0.25) is 0 Å². The van der Waals surface area contributed by atoms with Crippen LogP contribution >= 0.6 is 0 Å². The van der Waals surface area contributed by atoms with E-state index in [1.807, 2.05) is 10.9 Å². The molecule has 2 N–H and O–H groups in total. The average molecular weight is 337 g/mol. The van der Waals surface area contributed by atoms with Gasteiger partial charge in [0.25, 0.3) is 0 Å². The van der Waals surface area contributed by atoms with E-state index in [2.05, 4.69) is 20.5 Å². The summed E-state index contributed by atoms with van der Waals surface area (Å²) < 4.78 is 13.0. The molecule has 134 valence electrons. The fourth-order valence-corrected chi connectivity index (χ4v) is 3.58. The molecule has 0 aromatic carbocycles. The Morgan fingerprint density at radius 2 is 2.12 bits per heavy atom. The number of hydrogen-bond acceptors (Lipinski definition) is 7. The van der Waals surface area contributed by atoms with Crippen LogP contribution in [0.15, 0.2) is 6.20 Å². The molecule has 8 nitrogen and oxygen atoms in total. The zero-order valence-corrected chi connectivity index (χ0v) is 14.0. The summed E-state index contributed by atoms with van der Waals surface area (Å²) in [5.41, 5.74) is 0.971. The van der Waals surface area contributed by atoms with E-state index in [4.69, 9.17) is 9.47 Å². The summed E-state index contributed by atoms with van der Waals surface area (Å²) in [5, 5.41) is 22.2. The minimum absolute atomic E-state index is 0.0119. The van der Waals surface area contributed by atoms with Gasteiger partial charge in [-0.05, 0) is 12.8 Å². The van der Waals surface area contributed by atoms with Crippen molar-refractivity contribution in [1.29, 1.82) is 0 Å². The number of aliphatic hydroxyl groups excluding tert-OH is 1. The highest BCUT2D eigenvalue weighted by Gasteiger charge is 2.38. The number of aromatic nitrogens is 3. The summed E-state index contributed by atoms with van der Waals surface area (Å²) >= 11 is 0. The van der Waals surface area contributed by atoms with Crippen molar-refractivity contribution >= 4 is 0 Å². The van der Waals surface area contributed by atoms with Crippen LogP contribution in [0.4, 0.5) is 0 Å². The van der Waals surface area contributed by atoms with Gasteiger partial charge in [-0.3, -0.25) is 4.90 Å². The molecular weight excluding hydrogens is 310 g/mol. The monoisotopic (exact) mass is 337 g/mol. The van der Waals surface area contributed by atoms with Crippen molar-refractivity contribution in [2.75, 3.05) is 32.9 Å². The molecule has 3 atom stereocenters. The van der Waals surface area contributed by atoms with Crippen molar-refractivity contribution < 1.29 is 14.6 Å². The number of aliphatic hydroxyl groups is 1. The number of nitrogens with one attached hydrogen (secondary N) is 1. The van der Waals surface area contributed by atoms with Gasteiger partial charge < -0.3 is 19.9 Å². The smallest absolute Gasteiger partial charge is 0.0967 e. The minimum Gasteiger partial charge on any atom is -0.389 e. The first kappa shape index (κ1) is 16.4. The van der Waals surface area contributed by atoms with Crippen molar-refractivity contribution in [3.05, 3.63) is 11.9 Å². The Morgan fingerprint density at radius 3 is 2.88 bits per heavy atom. The fourth-order valence-electron chi connectivity index (χ4n) is 3.58. The number of hydrogen-bond donors (Lipinski definition) is 2. The first-order valence-corrected chi connectivity index (χ1v) is 9.03. The van der Waals surface area contributed by atoms with Crippen LogP contribution in [0.2, 0.25) is 0 Å². The van der Waals surface area contributed by atoms with Gasteiger partial charge in [0, 0.05) is 31.9 Å². The molecule has 1 aromatic rings. The summed E-state index contributed by atoms with van der Waals surface area (Å²) in [4.78, 5) is 2.33. The molecule has 0 amide bonds. The molecule has 0 unspecified atom stereocenters. The van der Waals surface area contributed by atoms with Gasteiger partial charge in [0.05, 0.1) is 50.3 Å². The normalized spacial score (nSPS) is 32.1.